The number of aromatic nitrogens is 2. The second-order valence-corrected chi connectivity index (χ2v) is 11.4. The second kappa shape index (κ2) is 7.71. The number of piperidine rings is 1. The summed E-state index contributed by atoms with van der Waals surface area (Å²) in [4.78, 5) is 30.2. The number of aromatic amines is 1. The second-order valence-electron chi connectivity index (χ2n) is 9.49. The monoisotopic (exact) mass is 484 g/mol. The Bertz CT molecular complexity index is 1480. The summed E-state index contributed by atoms with van der Waals surface area (Å²) in [6.45, 7) is 4.30. The number of hydrogen-bond donors (Lipinski definition) is 1. The molecule has 0 spiro atoms. The van der Waals surface area contributed by atoms with E-state index in [0.29, 0.717) is 46.6 Å². The minimum Gasteiger partial charge on any atom is -0.475 e. The molecule has 5 rings (SSSR count). The summed E-state index contributed by atoms with van der Waals surface area (Å²) in [6.07, 6.45) is 6.00. The van der Waals surface area contributed by atoms with Crippen LogP contribution in [0, 0.1) is 0 Å². The maximum Gasteiger partial charge on any atom is 0.274 e. The Balaban J connectivity index is 1.82. The number of H-pyrrole nitrogens is 1. The van der Waals surface area contributed by atoms with Gasteiger partial charge in [0.25, 0.3) is 11.5 Å². The molecule has 1 aromatic carbocycles. The Morgan fingerprint density at radius 3 is 2.44 bits per heavy atom. The third kappa shape index (κ3) is 3.35. The first-order valence-electron chi connectivity index (χ1n) is 11.3. The lowest BCUT2D eigenvalue weighted by atomic mass is 9.98. The molecule has 1 amide bonds. The summed E-state index contributed by atoms with van der Waals surface area (Å²) in [5, 5.41) is 0.652. The van der Waals surface area contributed by atoms with Gasteiger partial charge in [0, 0.05) is 56.1 Å². The molecule has 4 heterocycles. The molecule has 2 aliphatic rings. The van der Waals surface area contributed by atoms with Crippen LogP contribution in [0.5, 0.6) is 5.75 Å². The Hall–Kier alpha value is -3.11. The molecule has 2 aromatic heterocycles. The van der Waals surface area contributed by atoms with Crippen molar-refractivity contribution in [3.05, 3.63) is 40.9 Å². The van der Waals surface area contributed by atoms with Crippen molar-refractivity contribution in [1.29, 1.82) is 0 Å². The minimum absolute atomic E-state index is 0.101. The molecular weight excluding hydrogens is 456 g/mol. The maximum atomic E-state index is 13.6. The number of aryl methyl sites for hydroxylation is 1. The van der Waals surface area contributed by atoms with Crippen molar-refractivity contribution in [3.8, 4) is 16.9 Å². The first kappa shape index (κ1) is 22.7. The van der Waals surface area contributed by atoms with Crippen LogP contribution in [0.4, 0.5) is 5.69 Å². The smallest absolute Gasteiger partial charge is 0.274 e. The number of ether oxygens (including phenoxy) is 1. The van der Waals surface area contributed by atoms with Gasteiger partial charge in [-0.15, -0.1) is 0 Å². The van der Waals surface area contributed by atoms with E-state index in [4.69, 9.17) is 4.74 Å². The molecule has 0 aliphatic carbocycles. The van der Waals surface area contributed by atoms with Crippen LogP contribution >= 0.6 is 0 Å². The van der Waals surface area contributed by atoms with E-state index < -0.39 is 15.6 Å². The summed E-state index contributed by atoms with van der Waals surface area (Å²) in [6, 6.07) is 4.91. The predicted molar refractivity (Wildman–Crippen MR) is 130 cm³/mol. The van der Waals surface area contributed by atoms with Gasteiger partial charge in [-0.25, -0.2) is 8.42 Å². The first-order chi connectivity index (χ1) is 16.0. The van der Waals surface area contributed by atoms with Gasteiger partial charge in [-0.05, 0) is 44.9 Å². The van der Waals surface area contributed by atoms with E-state index in [0.717, 1.165) is 19.3 Å². The predicted octanol–water partition coefficient (Wildman–Crippen LogP) is 2.84. The van der Waals surface area contributed by atoms with Gasteiger partial charge >= 0.3 is 0 Å². The zero-order valence-electron chi connectivity index (χ0n) is 19.7. The first-order valence-corrected chi connectivity index (χ1v) is 12.8. The molecule has 3 aromatic rings. The van der Waals surface area contributed by atoms with Gasteiger partial charge in [0.15, 0.2) is 11.4 Å². The lowest BCUT2D eigenvalue weighted by Gasteiger charge is -2.38. The van der Waals surface area contributed by atoms with Crippen molar-refractivity contribution in [1.82, 2.24) is 13.9 Å². The summed E-state index contributed by atoms with van der Waals surface area (Å²) in [5.74, 6) is 0.136. The summed E-state index contributed by atoms with van der Waals surface area (Å²) in [5.41, 5.74) is 0.627. The van der Waals surface area contributed by atoms with Crippen LogP contribution in [-0.2, 0) is 21.9 Å². The fraction of sp³-hybridized carbons (Fsp3) is 0.417. The Kier molecular flexibility index (Phi) is 5.14. The molecule has 9 nitrogen and oxygen atoms in total. The highest BCUT2D eigenvalue weighted by Crippen LogP contribution is 2.47. The standard InChI is InChI=1S/C24H28N4O5S/c1-24(2)23(30)27(4)19-13-15(34(31,32)28-10-6-5-7-11-28)12-17(21(19)33-24)18-14-26(3)22(29)20-16(18)8-9-25-20/h8-9,12-14,25H,5-7,10-11H2,1-4H3. The van der Waals surface area contributed by atoms with E-state index in [9.17, 15) is 18.0 Å². The zero-order valence-corrected chi connectivity index (χ0v) is 20.5. The van der Waals surface area contributed by atoms with Gasteiger partial charge in [0.05, 0.1) is 10.6 Å². The van der Waals surface area contributed by atoms with Crippen LogP contribution in [-0.4, -0.2) is 53.9 Å². The number of fused-ring (bicyclic) bond motifs is 2. The number of carbonyl (C=O) groups excluding carboxylic acids is 1. The normalized spacial score (nSPS) is 18.7. The van der Waals surface area contributed by atoms with Crippen LogP contribution in [0.3, 0.4) is 0 Å². The highest BCUT2D eigenvalue weighted by molar-refractivity contribution is 7.89. The SMILES string of the molecule is CN1C(=O)C(C)(C)Oc2c(-c3cn(C)c(=O)c4[nH]ccc34)cc(S(=O)(=O)N3CCCCC3)cc21. The number of pyridine rings is 1. The molecule has 0 atom stereocenters. The lowest BCUT2D eigenvalue weighted by molar-refractivity contribution is -0.132. The molecule has 1 N–H and O–H groups in total. The van der Waals surface area contributed by atoms with Crippen LogP contribution in [0.15, 0.2) is 40.3 Å². The molecule has 2 aliphatic heterocycles. The van der Waals surface area contributed by atoms with Crippen LogP contribution in [0.2, 0.25) is 0 Å². The summed E-state index contributed by atoms with van der Waals surface area (Å²) < 4.78 is 36.4. The van der Waals surface area contributed by atoms with Gasteiger partial charge in [-0.1, -0.05) is 6.42 Å². The van der Waals surface area contributed by atoms with E-state index >= 15 is 0 Å². The largest absolute Gasteiger partial charge is 0.475 e. The molecule has 34 heavy (non-hydrogen) atoms. The number of likely N-dealkylation sites (N-methyl/N-ethyl adjacent to an activating group) is 1. The molecule has 10 heteroatoms. The van der Waals surface area contributed by atoms with Crippen molar-refractivity contribution in [3.63, 3.8) is 0 Å². The van der Waals surface area contributed by atoms with Crippen molar-refractivity contribution in [2.24, 2.45) is 7.05 Å². The molecule has 0 unspecified atom stereocenters. The summed E-state index contributed by atoms with van der Waals surface area (Å²) in [7, 11) is -0.520. The Morgan fingerprint density at radius 2 is 1.74 bits per heavy atom. The molecule has 1 saturated heterocycles. The van der Waals surface area contributed by atoms with Crippen LogP contribution in [0.1, 0.15) is 33.1 Å². The Morgan fingerprint density at radius 1 is 1.03 bits per heavy atom. The quantitative estimate of drug-likeness (QED) is 0.616. The number of anilines is 1. The summed E-state index contributed by atoms with van der Waals surface area (Å²) >= 11 is 0. The number of amides is 1. The zero-order chi connectivity index (χ0) is 24.4. The number of nitrogens with zero attached hydrogens (tertiary/aromatic N) is 3. The third-order valence-corrected chi connectivity index (χ3v) is 8.59. The molecule has 180 valence electrons. The highest BCUT2D eigenvalue weighted by Gasteiger charge is 2.42. The maximum absolute atomic E-state index is 13.6. The van der Waals surface area contributed by atoms with Gasteiger partial charge < -0.3 is 19.2 Å². The third-order valence-electron chi connectivity index (χ3n) is 6.72. The molecule has 0 radical (unpaired) electrons. The van der Waals surface area contributed by atoms with Crippen molar-refractivity contribution in [2.75, 3.05) is 25.0 Å². The van der Waals surface area contributed by atoms with E-state index in [1.165, 1.54) is 19.8 Å². The van der Waals surface area contributed by atoms with Crippen molar-refractivity contribution >= 4 is 32.5 Å². The lowest BCUT2D eigenvalue weighted by Crippen LogP contribution is -2.51. The average Bonchev–Trinajstić information content (AvgIpc) is 3.30. The van der Waals surface area contributed by atoms with Gasteiger partial charge in [-0.3, -0.25) is 9.59 Å². The Labute approximate surface area is 198 Å². The number of carbonyl (C=O) groups is 1. The molecular formula is C24H28N4O5S. The number of hydrogen-bond acceptors (Lipinski definition) is 5. The van der Waals surface area contributed by atoms with Gasteiger partial charge in [-0.2, -0.15) is 4.31 Å². The fourth-order valence-electron chi connectivity index (χ4n) is 4.84. The van der Waals surface area contributed by atoms with E-state index in [1.54, 1.807) is 52.5 Å². The number of rotatable bonds is 3. The van der Waals surface area contributed by atoms with Crippen LogP contribution in [0.25, 0.3) is 22.0 Å². The van der Waals surface area contributed by atoms with Crippen molar-refractivity contribution in [2.45, 2.75) is 43.6 Å². The van der Waals surface area contributed by atoms with E-state index in [-0.39, 0.29) is 16.4 Å². The molecule has 1 fully saturated rings. The average molecular weight is 485 g/mol. The number of benzene rings is 1. The number of sulfonamides is 1. The van der Waals surface area contributed by atoms with Crippen molar-refractivity contribution < 1.29 is 17.9 Å². The van der Waals surface area contributed by atoms with Gasteiger partial charge in [0.1, 0.15) is 5.52 Å². The number of nitrogens with one attached hydrogen (secondary N) is 1. The van der Waals surface area contributed by atoms with E-state index in [1.807, 2.05) is 0 Å². The fourth-order valence-corrected chi connectivity index (χ4v) is 6.41. The van der Waals surface area contributed by atoms with E-state index in [2.05, 4.69) is 4.98 Å². The highest BCUT2D eigenvalue weighted by atomic mass is 32.2. The van der Waals surface area contributed by atoms with Crippen LogP contribution < -0.4 is 15.2 Å². The molecule has 0 saturated carbocycles. The van der Waals surface area contributed by atoms with Gasteiger partial charge in [0.2, 0.25) is 10.0 Å². The minimum atomic E-state index is -3.79. The topological polar surface area (TPSA) is 105 Å². The molecule has 0 bridgehead atoms.